The predicted molar refractivity (Wildman–Crippen MR) is 122 cm³/mol. The second kappa shape index (κ2) is 11.1. The number of nitrogens with one attached hydrogen (secondary N) is 2. The van der Waals surface area contributed by atoms with Crippen molar-refractivity contribution in [2.75, 3.05) is 43.5 Å². The van der Waals surface area contributed by atoms with Crippen LogP contribution in [-0.4, -0.2) is 66.1 Å². The number of amides is 2. The molecule has 2 N–H and O–H groups in total. The average molecular weight is 543 g/mol. The number of ether oxygens (including phenoxy) is 2. The highest BCUT2D eigenvalue weighted by Gasteiger charge is 2.33. The van der Waals surface area contributed by atoms with Crippen LogP contribution >= 0.6 is 11.3 Å². The lowest BCUT2D eigenvalue weighted by molar-refractivity contribution is -0.274. The van der Waals surface area contributed by atoms with Gasteiger partial charge in [0.15, 0.2) is 22.4 Å². The fourth-order valence-corrected chi connectivity index (χ4v) is 4.11. The lowest BCUT2D eigenvalue weighted by Crippen LogP contribution is -2.41. The third kappa shape index (κ3) is 6.96. The number of rotatable bonds is 7. The van der Waals surface area contributed by atoms with Crippen LogP contribution in [0.2, 0.25) is 0 Å². The van der Waals surface area contributed by atoms with Crippen molar-refractivity contribution < 1.29 is 41.0 Å². The van der Waals surface area contributed by atoms with Gasteiger partial charge in [0.25, 0.3) is 5.91 Å². The van der Waals surface area contributed by atoms with Gasteiger partial charge in [-0.2, -0.15) is 0 Å². The Hall–Kier alpha value is -3.69. The van der Waals surface area contributed by atoms with E-state index >= 15 is 0 Å². The minimum atomic E-state index is -5.04. The molecule has 15 heteroatoms. The van der Waals surface area contributed by atoms with E-state index in [-0.39, 0.29) is 33.5 Å². The van der Waals surface area contributed by atoms with E-state index in [1.807, 2.05) is 0 Å². The second-order valence-electron chi connectivity index (χ2n) is 7.66. The molecule has 2 aromatic carbocycles. The molecule has 0 bridgehead atoms. The number of hydrogen-bond acceptors (Lipinski definition) is 8. The van der Waals surface area contributed by atoms with Crippen LogP contribution in [0.25, 0.3) is 10.6 Å². The fraction of sp³-hybridized carbons (Fsp3) is 0.273. The van der Waals surface area contributed by atoms with E-state index < -0.39 is 35.6 Å². The summed E-state index contributed by atoms with van der Waals surface area (Å²) in [5.74, 6) is -4.34. The van der Waals surface area contributed by atoms with Gasteiger partial charge in [-0.3, -0.25) is 19.8 Å². The molecule has 0 unspecified atom stereocenters. The maximum absolute atomic E-state index is 14.0. The fourth-order valence-electron chi connectivity index (χ4n) is 3.36. The summed E-state index contributed by atoms with van der Waals surface area (Å²) in [7, 11) is 0. The van der Waals surface area contributed by atoms with Crippen LogP contribution in [0.1, 0.15) is 10.4 Å². The van der Waals surface area contributed by atoms with Gasteiger partial charge in [0.1, 0.15) is 0 Å². The maximum atomic E-state index is 14.0. The summed E-state index contributed by atoms with van der Waals surface area (Å²) in [4.78, 5) is 26.9. The molecular formula is C22H18F5N5O4S. The van der Waals surface area contributed by atoms with Crippen molar-refractivity contribution in [1.29, 1.82) is 0 Å². The highest BCUT2D eigenvalue weighted by atomic mass is 32.1. The number of hydrogen-bond donors (Lipinski definition) is 2. The first-order valence-corrected chi connectivity index (χ1v) is 11.5. The molecule has 0 atom stereocenters. The second-order valence-corrected chi connectivity index (χ2v) is 8.64. The number of morpholine rings is 1. The van der Waals surface area contributed by atoms with Crippen molar-refractivity contribution in [2.24, 2.45) is 0 Å². The quantitative estimate of drug-likeness (QED) is 0.436. The van der Waals surface area contributed by atoms with Crippen molar-refractivity contribution in [3.05, 3.63) is 53.6 Å². The molecule has 1 aromatic heterocycles. The van der Waals surface area contributed by atoms with Gasteiger partial charge in [-0.05, 0) is 30.3 Å². The Labute approximate surface area is 210 Å². The predicted octanol–water partition coefficient (Wildman–Crippen LogP) is 3.90. The lowest BCUT2D eigenvalue weighted by Gasteiger charge is -2.26. The van der Waals surface area contributed by atoms with Crippen molar-refractivity contribution in [2.45, 2.75) is 6.36 Å². The molecule has 9 nitrogen and oxygen atoms in total. The molecule has 0 aliphatic carbocycles. The molecule has 4 rings (SSSR count). The SMILES string of the molecule is O=C(CN1CCOCC1)Nc1cc(C(=O)Nc2nnc(-c3cccc(F)c3F)s2)ccc1OC(F)(F)F. The van der Waals surface area contributed by atoms with Gasteiger partial charge in [0.2, 0.25) is 11.0 Å². The molecule has 1 aliphatic heterocycles. The Morgan fingerprint density at radius 2 is 1.84 bits per heavy atom. The van der Waals surface area contributed by atoms with Crippen molar-refractivity contribution in [3.8, 4) is 16.3 Å². The molecule has 1 saturated heterocycles. The van der Waals surface area contributed by atoms with Gasteiger partial charge in [-0.1, -0.05) is 17.4 Å². The van der Waals surface area contributed by atoms with Crippen LogP contribution in [0.4, 0.5) is 32.8 Å². The Bertz CT molecular complexity index is 1300. The first kappa shape index (κ1) is 26.4. The van der Waals surface area contributed by atoms with Gasteiger partial charge < -0.3 is 14.8 Å². The number of benzene rings is 2. The molecule has 0 radical (unpaired) electrons. The molecular weight excluding hydrogens is 525 g/mol. The van der Waals surface area contributed by atoms with E-state index in [1.54, 1.807) is 4.90 Å². The van der Waals surface area contributed by atoms with Gasteiger partial charge in [-0.25, -0.2) is 8.78 Å². The molecule has 3 aromatic rings. The van der Waals surface area contributed by atoms with E-state index in [4.69, 9.17) is 4.74 Å². The Kier molecular flexibility index (Phi) is 7.94. The highest BCUT2D eigenvalue weighted by Crippen LogP contribution is 2.33. The van der Waals surface area contributed by atoms with E-state index in [0.29, 0.717) is 26.3 Å². The molecule has 2 heterocycles. The zero-order valence-electron chi connectivity index (χ0n) is 18.8. The topological polar surface area (TPSA) is 106 Å². The van der Waals surface area contributed by atoms with Gasteiger partial charge >= 0.3 is 6.36 Å². The first-order valence-electron chi connectivity index (χ1n) is 10.7. The molecule has 0 spiro atoms. The largest absolute Gasteiger partial charge is 0.573 e. The number of alkyl halides is 3. The van der Waals surface area contributed by atoms with E-state index in [2.05, 4.69) is 25.6 Å². The standard InChI is InChI=1S/C22H18F5N5O4S/c23-14-3-1-2-13(18(14)24)20-30-31-21(37-20)29-19(34)12-4-5-16(36-22(25,26)27)15(10-12)28-17(33)11-32-6-8-35-9-7-32/h1-5,10H,6-9,11H2,(H,28,33)(H,29,31,34). The number of aromatic nitrogens is 2. The number of anilines is 2. The van der Waals surface area contributed by atoms with Gasteiger partial charge in [0, 0.05) is 18.7 Å². The smallest absolute Gasteiger partial charge is 0.404 e. The average Bonchev–Trinajstić information content (AvgIpc) is 3.29. The summed E-state index contributed by atoms with van der Waals surface area (Å²) in [6.45, 7) is 1.70. The normalized spacial score (nSPS) is 14.3. The Balaban J connectivity index is 1.51. The van der Waals surface area contributed by atoms with Crippen molar-refractivity contribution in [3.63, 3.8) is 0 Å². The first-order chi connectivity index (χ1) is 17.6. The lowest BCUT2D eigenvalue weighted by atomic mass is 10.1. The minimum absolute atomic E-state index is 0.00251. The number of halogens is 5. The molecule has 1 aliphatic rings. The summed E-state index contributed by atoms with van der Waals surface area (Å²) < 4.78 is 75.3. The monoisotopic (exact) mass is 543 g/mol. The van der Waals surface area contributed by atoms with Crippen LogP contribution in [0.5, 0.6) is 5.75 Å². The zero-order valence-corrected chi connectivity index (χ0v) is 19.6. The summed E-state index contributed by atoms with van der Waals surface area (Å²) >= 11 is 0.757. The number of carbonyl (C=O) groups excluding carboxylic acids is 2. The molecule has 1 fully saturated rings. The van der Waals surface area contributed by atoms with E-state index in [1.165, 1.54) is 12.1 Å². The number of nitrogens with zero attached hydrogens (tertiary/aromatic N) is 3. The summed E-state index contributed by atoms with van der Waals surface area (Å²) in [5, 5.41) is 12.1. The Morgan fingerprint density at radius 1 is 1.08 bits per heavy atom. The third-order valence-electron chi connectivity index (χ3n) is 5.04. The number of carbonyl (C=O) groups is 2. The van der Waals surface area contributed by atoms with Gasteiger partial charge in [-0.15, -0.1) is 23.4 Å². The molecule has 37 heavy (non-hydrogen) atoms. The zero-order chi connectivity index (χ0) is 26.6. The molecule has 196 valence electrons. The van der Waals surface area contributed by atoms with Gasteiger partial charge in [0.05, 0.1) is 31.0 Å². The van der Waals surface area contributed by atoms with Crippen LogP contribution in [0, 0.1) is 11.6 Å². The molecule has 0 saturated carbocycles. The minimum Gasteiger partial charge on any atom is -0.404 e. The van der Waals surface area contributed by atoms with Crippen LogP contribution in [0.15, 0.2) is 36.4 Å². The Morgan fingerprint density at radius 3 is 2.57 bits per heavy atom. The highest BCUT2D eigenvalue weighted by molar-refractivity contribution is 7.18. The van der Waals surface area contributed by atoms with Crippen molar-refractivity contribution >= 4 is 34.0 Å². The van der Waals surface area contributed by atoms with Crippen molar-refractivity contribution in [1.82, 2.24) is 15.1 Å². The van der Waals surface area contributed by atoms with Crippen LogP contribution < -0.4 is 15.4 Å². The van der Waals surface area contributed by atoms with Crippen LogP contribution in [0.3, 0.4) is 0 Å². The molecule has 2 amide bonds. The van der Waals surface area contributed by atoms with Crippen LogP contribution in [-0.2, 0) is 9.53 Å². The summed E-state index contributed by atoms with van der Waals surface area (Å²) in [6, 6.07) is 6.47. The maximum Gasteiger partial charge on any atom is 0.573 e. The summed E-state index contributed by atoms with van der Waals surface area (Å²) in [5.41, 5.74) is -0.662. The van der Waals surface area contributed by atoms with E-state index in [9.17, 15) is 31.5 Å². The van der Waals surface area contributed by atoms with E-state index in [0.717, 1.165) is 35.6 Å². The third-order valence-corrected chi connectivity index (χ3v) is 5.91. The summed E-state index contributed by atoms with van der Waals surface area (Å²) in [6.07, 6.45) is -5.04.